The van der Waals surface area contributed by atoms with Gasteiger partial charge in [-0.1, -0.05) is 72.3 Å². The first-order valence-corrected chi connectivity index (χ1v) is 14.0. The molecule has 0 unspecified atom stereocenters. The molecular weight excluding hydrogens is 532 g/mol. The number of rotatable bonds is 7. The van der Waals surface area contributed by atoms with E-state index in [2.05, 4.69) is 29.6 Å². The summed E-state index contributed by atoms with van der Waals surface area (Å²) in [7, 11) is -0.640. The molecule has 1 aliphatic carbocycles. The standard InChI is InChI=1S/C31H32BCl2NO4/c1-30(2)31(3,4)39-32(38-30)22(16-20-13-14-28(34)21(15-20)17-33)18-35-29(36)37-19-27-25-11-7-5-9-23(25)24-10-6-8-12-26(24)27/h5-16,27H,17-19H2,1-4H3,(H,35,36). The van der Waals surface area contributed by atoms with Gasteiger partial charge in [0.15, 0.2) is 0 Å². The highest BCUT2D eigenvalue weighted by atomic mass is 35.5. The van der Waals surface area contributed by atoms with Gasteiger partial charge in [-0.05, 0) is 78.7 Å². The zero-order valence-electron chi connectivity index (χ0n) is 22.6. The van der Waals surface area contributed by atoms with E-state index in [1.165, 1.54) is 22.3 Å². The van der Waals surface area contributed by atoms with Gasteiger partial charge in [-0.25, -0.2) is 4.79 Å². The Hall–Kier alpha value is -2.77. The van der Waals surface area contributed by atoms with Crippen LogP contribution < -0.4 is 5.32 Å². The van der Waals surface area contributed by atoms with Crippen molar-refractivity contribution in [2.45, 2.75) is 50.7 Å². The van der Waals surface area contributed by atoms with E-state index in [0.717, 1.165) is 16.6 Å². The van der Waals surface area contributed by atoms with Crippen LogP contribution in [0.2, 0.25) is 5.02 Å². The molecule has 0 saturated carbocycles. The Morgan fingerprint density at radius 1 is 0.974 bits per heavy atom. The van der Waals surface area contributed by atoms with Gasteiger partial charge >= 0.3 is 13.2 Å². The molecule has 0 spiro atoms. The summed E-state index contributed by atoms with van der Waals surface area (Å²) in [6.45, 7) is 8.42. The van der Waals surface area contributed by atoms with Crippen LogP contribution in [0.1, 0.15) is 55.9 Å². The topological polar surface area (TPSA) is 56.8 Å². The molecule has 1 aliphatic heterocycles. The second kappa shape index (κ2) is 11.0. The van der Waals surface area contributed by atoms with Gasteiger partial charge in [0.1, 0.15) is 6.61 Å². The number of alkyl halides is 1. The van der Waals surface area contributed by atoms with Gasteiger partial charge in [-0.3, -0.25) is 0 Å². The second-order valence-corrected chi connectivity index (χ2v) is 11.6. The van der Waals surface area contributed by atoms with Crippen LogP contribution >= 0.6 is 23.2 Å². The third-order valence-electron chi connectivity index (χ3n) is 7.90. The molecule has 1 heterocycles. The second-order valence-electron chi connectivity index (χ2n) is 11.0. The van der Waals surface area contributed by atoms with Gasteiger partial charge in [0.25, 0.3) is 0 Å². The summed E-state index contributed by atoms with van der Waals surface area (Å²) in [5.74, 6) is 0.286. The molecule has 0 bridgehead atoms. The maximum atomic E-state index is 12.9. The van der Waals surface area contributed by atoms with E-state index in [1.807, 2.05) is 76.2 Å². The Bertz CT molecular complexity index is 1360. The summed E-state index contributed by atoms with van der Waals surface area (Å²) in [4.78, 5) is 12.9. The molecule has 0 atom stereocenters. The van der Waals surface area contributed by atoms with Crippen LogP contribution in [0.5, 0.6) is 0 Å². The molecule has 1 fully saturated rings. The lowest BCUT2D eigenvalue weighted by Gasteiger charge is -2.32. The molecule has 39 heavy (non-hydrogen) atoms. The molecule has 1 saturated heterocycles. The van der Waals surface area contributed by atoms with E-state index in [-0.39, 0.29) is 19.1 Å². The quantitative estimate of drug-likeness (QED) is 0.237. The number of carbonyl (C=O) groups excluding carboxylic acids is 1. The van der Waals surface area contributed by atoms with Crippen molar-refractivity contribution < 1.29 is 18.8 Å². The predicted molar refractivity (Wildman–Crippen MR) is 158 cm³/mol. The third-order valence-corrected chi connectivity index (χ3v) is 8.56. The molecule has 0 aromatic heterocycles. The number of ether oxygens (including phenoxy) is 1. The van der Waals surface area contributed by atoms with Crippen molar-refractivity contribution in [2.24, 2.45) is 0 Å². The van der Waals surface area contributed by atoms with Crippen LogP contribution in [-0.4, -0.2) is 37.6 Å². The lowest BCUT2D eigenvalue weighted by Crippen LogP contribution is -2.41. The Kier molecular flexibility index (Phi) is 7.85. The smallest absolute Gasteiger partial charge is 0.449 e. The number of alkyl carbamates (subject to hydrolysis) is 1. The lowest BCUT2D eigenvalue weighted by molar-refractivity contribution is 0.00578. The molecule has 5 rings (SSSR count). The van der Waals surface area contributed by atoms with Gasteiger partial charge in [-0.2, -0.15) is 0 Å². The minimum Gasteiger partial charge on any atom is -0.449 e. The van der Waals surface area contributed by atoms with E-state index in [1.54, 1.807) is 0 Å². The maximum absolute atomic E-state index is 12.9. The molecule has 0 radical (unpaired) electrons. The molecule has 1 amide bonds. The summed E-state index contributed by atoms with van der Waals surface area (Å²) in [5, 5.41) is 3.51. The molecule has 202 valence electrons. The van der Waals surface area contributed by atoms with E-state index >= 15 is 0 Å². The van der Waals surface area contributed by atoms with Crippen LogP contribution in [0, 0.1) is 0 Å². The first-order chi connectivity index (χ1) is 18.6. The van der Waals surface area contributed by atoms with Gasteiger partial charge in [0, 0.05) is 23.4 Å². The van der Waals surface area contributed by atoms with Crippen molar-refractivity contribution in [1.82, 2.24) is 5.32 Å². The number of nitrogens with one attached hydrogen (secondary N) is 1. The van der Waals surface area contributed by atoms with Gasteiger partial charge in [0.2, 0.25) is 0 Å². The number of hydrogen-bond donors (Lipinski definition) is 1. The summed E-state index contributed by atoms with van der Waals surface area (Å²) >= 11 is 12.3. The molecular formula is C31H32BCl2NO4. The van der Waals surface area contributed by atoms with Crippen molar-refractivity contribution in [1.29, 1.82) is 0 Å². The van der Waals surface area contributed by atoms with E-state index < -0.39 is 24.4 Å². The largest absolute Gasteiger partial charge is 0.492 e. The number of hydrogen-bond acceptors (Lipinski definition) is 4. The first kappa shape index (κ1) is 27.8. The van der Waals surface area contributed by atoms with Crippen LogP contribution in [0.25, 0.3) is 17.2 Å². The minimum absolute atomic E-state index is 0.00991. The van der Waals surface area contributed by atoms with Crippen molar-refractivity contribution in [3.8, 4) is 11.1 Å². The fraction of sp³-hybridized carbons (Fsp3) is 0.323. The average Bonchev–Trinajstić information content (AvgIpc) is 3.35. The van der Waals surface area contributed by atoms with Crippen LogP contribution in [-0.2, 0) is 19.9 Å². The predicted octanol–water partition coefficient (Wildman–Crippen LogP) is 7.63. The molecule has 3 aromatic carbocycles. The number of amides is 1. The number of halogens is 2. The van der Waals surface area contributed by atoms with Crippen molar-refractivity contribution in [2.75, 3.05) is 13.2 Å². The molecule has 8 heteroatoms. The third kappa shape index (κ3) is 5.62. The van der Waals surface area contributed by atoms with Gasteiger partial charge in [0.05, 0.1) is 11.2 Å². The summed E-state index contributed by atoms with van der Waals surface area (Å²) < 4.78 is 18.3. The summed E-state index contributed by atoms with van der Waals surface area (Å²) in [5.41, 5.74) is 6.12. The Labute approximate surface area is 240 Å². The number of carbonyl (C=O) groups is 1. The SMILES string of the molecule is CC1(C)OB(C(=Cc2ccc(Cl)c(CCl)c2)CNC(=O)OCC2c3ccccc3-c3ccccc32)OC1(C)C. The average molecular weight is 564 g/mol. The Balaban J connectivity index is 1.31. The number of fused-ring (bicyclic) bond motifs is 3. The molecule has 5 nitrogen and oxygen atoms in total. The molecule has 1 N–H and O–H groups in total. The van der Waals surface area contributed by atoms with Gasteiger partial charge in [-0.15, -0.1) is 11.6 Å². The normalized spacial score (nSPS) is 17.6. The fourth-order valence-corrected chi connectivity index (χ4v) is 5.50. The zero-order valence-corrected chi connectivity index (χ0v) is 24.1. The van der Waals surface area contributed by atoms with Crippen molar-refractivity contribution >= 4 is 42.5 Å². The van der Waals surface area contributed by atoms with E-state index in [0.29, 0.717) is 10.9 Å². The summed E-state index contributed by atoms with van der Waals surface area (Å²) in [6.07, 6.45) is 1.44. The van der Waals surface area contributed by atoms with Crippen LogP contribution in [0.4, 0.5) is 4.79 Å². The molecule has 2 aliphatic rings. The van der Waals surface area contributed by atoms with Gasteiger partial charge < -0.3 is 19.4 Å². The fourth-order valence-electron chi connectivity index (χ4n) is 5.02. The van der Waals surface area contributed by atoms with E-state index in [4.69, 9.17) is 37.2 Å². The lowest BCUT2D eigenvalue weighted by atomic mass is 9.77. The van der Waals surface area contributed by atoms with Crippen molar-refractivity contribution in [3.05, 3.63) is 99.5 Å². The van der Waals surface area contributed by atoms with E-state index in [9.17, 15) is 4.79 Å². The highest BCUT2D eigenvalue weighted by Gasteiger charge is 2.52. The monoisotopic (exact) mass is 563 g/mol. The zero-order chi connectivity index (χ0) is 27.8. The Morgan fingerprint density at radius 2 is 1.56 bits per heavy atom. The number of benzene rings is 3. The Morgan fingerprint density at radius 3 is 2.15 bits per heavy atom. The molecule has 3 aromatic rings. The maximum Gasteiger partial charge on any atom is 0.492 e. The summed E-state index contributed by atoms with van der Waals surface area (Å²) in [6, 6.07) is 22.2. The van der Waals surface area contributed by atoms with Crippen LogP contribution in [0.15, 0.2) is 72.2 Å². The minimum atomic E-state index is -0.640. The highest BCUT2D eigenvalue weighted by molar-refractivity contribution is 6.56. The van der Waals surface area contributed by atoms with Crippen LogP contribution in [0.3, 0.4) is 0 Å². The highest BCUT2D eigenvalue weighted by Crippen LogP contribution is 2.44. The first-order valence-electron chi connectivity index (χ1n) is 13.1. The van der Waals surface area contributed by atoms with Crippen molar-refractivity contribution in [3.63, 3.8) is 0 Å².